The Kier molecular flexibility index (Phi) is 3.52. The maximum absolute atomic E-state index is 13.4. The van der Waals surface area contributed by atoms with Gasteiger partial charge in [0.1, 0.15) is 11.7 Å². The summed E-state index contributed by atoms with van der Waals surface area (Å²) < 4.78 is 13.4. The number of amidine groups is 1. The Balaban J connectivity index is 0.00000112. The Bertz CT molecular complexity index is 377. The number of benzene rings is 1. The van der Waals surface area contributed by atoms with Crippen LogP contribution in [0.1, 0.15) is 18.4 Å². The summed E-state index contributed by atoms with van der Waals surface area (Å²) in [6, 6.07) is 4.99. The van der Waals surface area contributed by atoms with Gasteiger partial charge in [-0.1, -0.05) is 0 Å². The first kappa shape index (κ1) is 11.8. The predicted octanol–water partition coefficient (Wildman–Crippen LogP) is 2.11. The SMILES string of the molecule is Cl.N=C(N)c1ccc(NC2CC2)c(F)c1. The highest BCUT2D eigenvalue weighted by atomic mass is 35.5. The van der Waals surface area contributed by atoms with Gasteiger partial charge in [0.05, 0.1) is 5.69 Å². The maximum Gasteiger partial charge on any atom is 0.147 e. The second-order valence-electron chi connectivity index (χ2n) is 3.53. The molecule has 1 saturated carbocycles. The summed E-state index contributed by atoms with van der Waals surface area (Å²) in [7, 11) is 0. The molecule has 0 heterocycles. The number of hydrogen-bond donors (Lipinski definition) is 3. The van der Waals surface area contributed by atoms with Gasteiger partial charge in [-0.3, -0.25) is 5.41 Å². The van der Waals surface area contributed by atoms with Crippen molar-refractivity contribution in [1.29, 1.82) is 5.41 Å². The second-order valence-corrected chi connectivity index (χ2v) is 3.53. The van der Waals surface area contributed by atoms with Crippen molar-refractivity contribution in [2.45, 2.75) is 18.9 Å². The number of hydrogen-bond acceptors (Lipinski definition) is 2. The van der Waals surface area contributed by atoms with E-state index < -0.39 is 0 Å². The molecule has 0 bridgehead atoms. The van der Waals surface area contributed by atoms with Gasteiger partial charge < -0.3 is 11.1 Å². The van der Waals surface area contributed by atoms with Crippen molar-refractivity contribution in [2.75, 3.05) is 5.32 Å². The maximum atomic E-state index is 13.4. The number of nitrogens with one attached hydrogen (secondary N) is 2. The molecule has 1 aromatic rings. The van der Waals surface area contributed by atoms with E-state index in [4.69, 9.17) is 11.1 Å². The normalized spacial score (nSPS) is 14.2. The van der Waals surface area contributed by atoms with Crippen LogP contribution in [0.2, 0.25) is 0 Å². The van der Waals surface area contributed by atoms with Crippen molar-refractivity contribution in [2.24, 2.45) is 5.73 Å². The van der Waals surface area contributed by atoms with Crippen molar-refractivity contribution in [3.8, 4) is 0 Å². The Morgan fingerprint density at radius 3 is 2.60 bits per heavy atom. The lowest BCUT2D eigenvalue weighted by Gasteiger charge is -2.06. The highest BCUT2D eigenvalue weighted by Crippen LogP contribution is 2.26. The highest BCUT2D eigenvalue weighted by molar-refractivity contribution is 5.95. The van der Waals surface area contributed by atoms with Crippen molar-refractivity contribution in [1.82, 2.24) is 0 Å². The molecule has 4 N–H and O–H groups in total. The number of rotatable bonds is 3. The van der Waals surface area contributed by atoms with Crippen molar-refractivity contribution >= 4 is 23.9 Å². The molecule has 0 aliphatic heterocycles. The van der Waals surface area contributed by atoms with Crippen LogP contribution in [0, 0.1) is 11.2 Å². The van der Waals surface area contributed by atoms with Crippen LogP contribution >= 0.6 is 12.4 Å². The van der Waals surface area contributed by atoms with E-state index in [1.54, 1.807) is 12.1 Å². The van der Waals surface area contributed by atoms with Gasteiger partial charge in [0.25, 0.3) is 0 Å². The molecule has 1 aromatic carbocycles. The van der Waals surface area contributed by atoms with Crippen LogP contribution in [0.4, 0.5) is 10.1 Å². The van der Waals surface area contributed by atoms with Gasteiger partial charge in [-0.25, -0.2) is 4.39 Å². The lowest BCUT2D eigenvalue weighted by Crippen LogP contribution is -2.12. The lowest BCUT2D eigenvalue weighted by molar-refractivity contribution is 0.629. The molecule has 0 amide bonds. The van der Waals surface area contributed by atoms with Gasteiger partial charge in [-0.2, -0.15) is 0 Å². The fourth-order valence-corrected chi connectivity index (χ4v) is 1.25. The Morgan fingerprint density at radius 1 is 1.47 bits per heavy atom. The third-order valence-corrected chi connectivity index (χ3v) is 2.22. The Morgan fingerprint density at radius 2 is 2.13 bits per heavy atom. The molecule has 0 aromatic heterocycles. The zero-order chi connectivity index (χ0) is 10.1. The first-order valence-electron chi connectivity index (χ1n) is 4.57. The average molecular weight is 230 g/mol. The molecule has 0 saturated heterocycles. The van der Waals surface area contributed by atoms with Gasteiger partial charge in [-0.05, 0) is 31.0 Å². The Labute approximate surface area is 93.8 Å². The first-order valence-corrected chi connectivity index (χ1v) is 4.57. The van der Waals surface area contributed by atoms with Gasteiger partial charge in [0, 0.05) is 11.6 Å². The molecule has 0 radical (unpaired) electrons. The molecule has 3 nitrogen and oxygen atoms in total. The van der Waals surface area contributed by atoms with E-state index >= 15 is 0 Å². The fourth-order valence-electron chi connectivity index (χ4n) is 1.25. The lowest BCUT2D eigenvalue weighted by atomic mass is 10.2. The summed E-state index contributed by atoms with van der Waals surface area (Å²) in [4.78, 5) is 0. The van der Waals surface area contributed by atoms with Crippen LogP contribution in [0.15, 0.2) is 18.2 Å². The van der Waals surface area contributed by atoms with E-state index in [0.717, 1.165) is 12.8 Å². The van der Waals surface area contributed by atoms with Crippen LogP contribution in [0.25, 0.3) is 0 Å². The first-order chi connectivity index (χ1) is 6.66. The molecular weight excluding hydrogens is 217 g/mol. The zero-order valence-electron chi connectivity index (χ0n) is 8.09. The van der Waals surface area contributed by atoms with E-state index in [1.165, 1.54) is 6.07 Å². The molecule has 0 atom stereocenters. The third kappa shape index (κ3) is 2.83. The summed E-state index contributed by atoms with van der Waals surface area (Å²) in [6.45, 7) is 0. The fraction of sp³-hybridized carbons (Fsp3) is 0.300. The monoisotopic (exact) mass is 229 g/mol. The third-order valence-electron chi connectivity index (χ3n) is 2.22. The molecule has 5 heteroatoms. The second kappa shape index (κ2) is 4.49. The summed E-state index contributed by atoms with van der Waals surface area (Å²) in [5.41, 5.74) is 6.16. The summed E-state index contributed by atoms with van der Waals surface area (Å²) >= 11 is 0. The molecule has 2 rings (SSSR count). The smallest absolute Gasteiger partial charge is 0.147 e. The van der Waals surface area contributed by atoms with Crippen LogP contribution < -0.4 is 11.1 Å². The van der Waals surface area contributed by atoms with Crippen molar-refractivity contribution in [3.63, 3.8) is 0 Å². The minimum Gasteiger partial charge on any atom is -0.384 e. The van der Waals surface area contributed by atoms with Crippen LogP contribution in [0.3, 0.4) is 0 Å². The quantitative estimate of drug-likeness (QED) is 0.549. The number of nitrogens with two attached hydrogens (primary N) is 1. The van der Waals surface area contributed by atoms with Crippen LogP contribution in [-0.4, -0.2) is 11.9 Å². The number of anilines is 1. The van der Waals surface area contributed by atoms with E-state index in [2.05, 4.69) is 5.32 Å². The molecule has 1 fully saturated rings. The molecule has 1 aliphatic rings. The summed E-state index contributed by atoms with van der Waals surface area (Å²) in [5, 5.41) is 10.2. The van der Waals surface area contributed by atoms with Gasteiger partial charge in [0.15, 0.2) is 0 Å². The molecule has 82 valence electrons. The van der Waals surface area contributed by atoms with Gasteiger partial charge in [-0.15, -0.1) is 12.4 Å². The van der Waals surface area contributed by atoms with Crippen LogP contribution in [-0.2, 0) is 0 Å². The standard InChI is InChI=1S/C10H12FN3.ClH/c11-8-5-6(10(12)13)1-4-9(8)14-7-2-3-7;/h1,4-5,7,14H,2-3H2,(H3,12,13);1H. The molecular formula is C10H13ClFN3. The molecule has 1 aliphatic carbocycles. The number of nitrogen functional groups attached to an aromatic ring is 1. The van der Waals surface area contributed by atoms with E-state index in [-0.39, 0.29) is 24.1 Å². The largest absolute Gasteiger partial charge is 0.384 e. The summed E-state index contributed by atoms with van der Waals surface area (Å²) in [6.07, 6.45) is 2.21. The Hall–Kier alpha value is -1.29. The van der Waals surface area contributed by atoms with E-state index in [9.17, 15) is 4.39 Å². The predicted molar refractivity (Wildman–Crippen MR) is 61.3 cm³/mol. The van der Waals surface area contributed by atoms with E-state index in [0.29, 0.717) is 17.3 Å². The zero-order valence-corrected chi connectivity index (χ0v) is 8.90. The average Bonchev–Trinajstić information content (AvgIpc) is 2.92. The van der Waals surface area contributed by atoms with Crippen LogP contribution in [0.5, 0.6) is 0 Å². The minimum atomic E-state index is -0.343. The van der Waals surface area contributed by atoms with Gasteiger partial charge >= 0.3 is 0 Å². The minimum absolute atomic E-state index is 0. The topological polar surface area (TPSA) is 61.9 Å². The van der Waals surface area contributed by atoms with E-state index in [1.807, 2.05) is 0 Å². The van der Waals surface area contributed by atoms with Gasteiger partial charge in [0.2, 0.25) is 0 Å². The highest BCUT2D eigenvalue weighted by Gasteiger charge is 2.21. The molecule has 15 heavy (non-hydrogen) atoms. The molecule has 0 unspecified atom stereocenters. The van der Waals surface area contributed by atoms with Crippen molar-refractivity contribution < 1.29 is 4.39 Å². The molecule has 0 spiro atoms. The van der Waals surface area contributed by atoms with Crippen molar-refractivity contribution in [3.05, 3.63) is 29.6 Å². The summed E-state index contributed by atoms with van der Waals surface area (Å²) in [5.74, 6) is -0.452. The number of halogens is 2.